The fraction of sp³-hybridized carbons (Fsp3) is 0. The number of nitro groups is 1. The molecule has 0 radical (unpaired) electrons. The number of hydrogen-bond acceptors (Lipinski definition) is 6. The number of Topliss-reactive ketones (excluding diaryl/α,β-unsaturated/α-hetero) is 1. The van der Waals surface area contributed by atoms with Crippen LogP contribution in [0.1, 0.15) is 15.9 Å². The van der Waals surface area contributed by atoms with Gasteiger partial charge in [-0.2, -0.15) is 5.10 Å². The number of ketones is 1. The predicted octanol–water partition coefficient (Wildman–Crippen LogP) is 2.98. The van der Waals surface area contributed by atoms with E-state index in [9.17, 15) is 20.0 Å². The molecule has 2 N–H and O–H groups in total. The number of allylic oxidation sites excluding steroid dienone is 1. The van der Waals surface area contributed by atoms with Crippen LogP contribution in [0.2, 0.25) is 0 Å². The number of non-ortho nitro benzene ring substituents is 1. The number of carbonyl (C=O) groups excluding carboxylic acids is 1. The van der Waals surface area contributed by atoms with Gasteiger partial charge in [-0.3, -0.25) is 20.3 Å². The van der Waals surface area contributed by atoms with E-state index in [1.807, 2.05) is 0 Å². The Bertz CT molecular complexity index is 854. The molecule has 0 aromatic heterocycles. The van der Waals surface area contributed by atoms with E-state index in [1.165, 1.54) is 30.3 Å². The van der Waals surface area contributed by atoms with Gasteiger partial charge >= 0.3 is 0 Å². The number of nitrogens with zero attached hydrogens (tertiary/aromatic N) is 2. The van der Waals surface area contributed by atoms with Crippen LogP contribution in [0.5, 0.6) is 5.75 Å². The largest absolute Gasteiger partial charge is 0.507 e. The lowest BCUT2D eigenvalue weighted by molar-refractivity contribution is -0.384. The van der Waals surface area contributed by atoms with Gasteiger partial charge in [-0.25, -0.2) is 0 Å². The summed E-state index contributed by atoms with van der Waals surface area (Å²) in [6, 6.07) is 10.5. The van der Waals surface area contributed by atoms with Crippen molar-refractivity contribution < 1.29 is 14.8 Å². The molecule has 0 spiro atoms. The number of phenols is 1. The molecular weight excluding hydrogens is 298 g/mol. The van der Waals surface area contributed by atoms with Crippen LogP contribution in [-0.4, -0.2) is 21.5 Å². The molecule has 2 aromatic rings. The number of hydrazone groups is 1. The highest BCUT2D eigenvalue weighted by Gasteiger charge is 2.22. The van der Waals surface area contributed by atoms with Crippen molar-refractivity contribution in [1.82, 2.24) is 0 Å². The smallest absolute Gasteiger partial charge is 0.269 e. The lowest BCUT2D eigenvalue weighted by Gasteiger charge is -2.12. The third-order valence-electron chi connectivity index (χ3n) is 3.34. The van der Waals surface area contributed by atoms with Gasteiger partial charge in [-0.05, 0) is 29.8 Å². The van der Waals surface area contributed by atoms with E-state index in [-0.39, 0.29) is 22.7 Å². The molecule has 114 valence electrons. The van der Waals surface area contributed by atoms with Gasteiger partial charge in [0.25, 0.3) is 5.69 Å². The van der Waals surface area contributed by atoms with Crippen LogP contribution in [-0.2, 0) is 0 Å². The normalized spacial score (nSPS) is 14.6. The third-order valence-corrected chi connectivity index (χ3v) is 3.34. The molecule has 23 heavy (non-hydrogen) atoms. The van der Waals surface area contributed by atoms with Crippen LogP contribution in [0.4, 0.5) is 11.4 Å². The van der Waals surface area contributed by atoms with Crippen molar-refractivity contribution in [2.45, 2.75) is 0 Å². The van der Waals surface area contributed by atoms with Crippen molar-refractivity contribution >= 4 is 28.9 Å². The Balaban J connectivity index is 1.83. The van der Waals surface area contributed by atoms with E-state index in [0.717, 1.165) is 0 Å². The van der Waals surface area contributed by atoms with Crippen molar-refractivity contribution in [1.29, 1.82) is 0 Å². The van der Waals surface area contributed by atoms with Crippen molar-refractivity contribution in [3.63, 3.8) is 0 Å². The second-order valence-corrected chi connectivity index (χ2v) is 4.82. The van der Waals surface area contributed by atoms with E-state index in [1.54, 1.807) is 24.3 Å². The Morgan fingerprint density at radius 3 is 2.52 bits per heavy atom. The quantitative estimate of drug-likeness (QED) is 0.670. The molecule has 0 saturated heterocycles. The number of nitrogens with one attached hydrogen (secondary N) is 1. The van der Waals surface area contributed by atoms with Gasteiger partial charge in [0.15, 0.2) is 0 Å². The number of carbonyl (C=O) groups is 1. The van der Waals surface area contributed by atoms with E-state index < -0.39 is 10.7 Å². The van der Waals surface area contributed by atoms with Crippen LogP contribution in [0.25, 0.3) is 6.08 Å². The molecule has 1 aliphatic carbocycles. The molecule has 0 saturated carbocycles. The van der Waals surface area contributed by atoms with Gasteiger partial charge in [0.2, 0.25) is 5.78 Å². The number of nitro benzene ring substituents is 1. The second kappa shape index (κ2) is 5.72. The summed E-state index contributed by atoms with van der Waals surface area (Å²) in [6.07, 6.45) is 3.23. The monoisotopic (exact) mass is 309 g/mol. The number of phenolic OH excluding ortho intramolecular Hbond substituents is 1. The summed E-state index contributed by atoms with van der Waals surface area (Å²) in [7, 11) is 0. The molecule has 3 rings (SSSR count). The zero-order valence-corrected chi connectivity index (χ0v) is 11.8. The SMILES string of the molecule is O=C1/C(=N/Nc2ccc([N+](=O)[O-])cc2)C=Cc2cccc(O)c21. The molecule has 0 unspecified atom stereocenters. The van der Waals surface area contributed by atoms with Crippen molar-refractivity contribution in [3.8, 4) is 5.75 Å². The second-order valence-electron chi connectivity index (χ2n) is 4.82. The molecule has 0 fully saturated rings. The highest BCUT2D eigenvalue weighted by molar-refractivity contribution is 6.52. The first kappa shape index (κ1) is 14.5. The molecule has 1 aliphatic rings. The van der Waals surface area contributed by atoms with Gasteiger partial charge in [0, 0.05) is 12.1 Å². The van der Waals surface area contributed by atoms with Crippen molar-refractivity contribution in [3.05, 3.63) is 69.8 Å². The molecule has 2 aromatic carbocycles. The number of aromatic hydroxyl groups is 1. The third kappa shape index (κ3) is 2.80. The summed E-state index contributed by atoms with van der Waals surface area (Å²) >= 11 is 0. The predicted molar refractivity (Wildman–Crippen MR) is 85.6 cm³/mol. The van der Waals surface area contributed by atoms with Crippen LogP contribution in [0, 0.1) is 10.1 Å². The molecule has 0 heterocycles. The Kier molecular flexibility index (Phi) is 3.60. The molecule has 7 nitrogen and oxygen atoms in total. The minimum Gasteiger partial charge on any atom is -0.507 e. The number of anilines is 1. The topological polar surface area (TPSA) is 105 Å². The number of fused-ring (bicyclic) bond motifs is 1. The minimum absolute atomic E-state index is 0.0318. The summed E-state index contributed by atoms with van der Waals surface area (Å²) in [4.78, 5) is 22.4. The van der Waals surface area contributed by atoms with E-state index in [0.29, 0.717) is 11.3 Å². The first-order valence-corrected chi connectivity index (χ1v) is 6.69. The van der Waals surface area contributed by atoms with Crippen LogP contribution >= 0.6 is 0 Å². The van der Waals surface area contributed by atoms with Crippen LogP contribution in [0.15, 0.2) is 53.6 Å². The van der Waals surface area contributed by atoms with Crippen LogP contribution < -0.4 is 5.43 Å². The standard InChI is InChI=1S/C16H11N3O4/c20-14-3-1-2-10-4-9-13(16(21)15(10)14)18-17-11-5-7-12(8-6-11)19(22)23/h1-9,17,20H/b18-13+. The zero-order chi connectivity index (χ0) is 16.4. The van der Waals surface area contributed by atoms with E-state index in [4.69, 9.17) is 0 Å². The molecule has 0 bridgehead atoms. The molecule has 7 heteroatoms. The summed E-state index contributed by atoms with van der Waals surface area (Å²) in [5.41, 5.74) is 4.12. The molecule has 0 atom stereocenters. The Morgan fingerprint density at radius 2 is 1.83 bits per heavy atom. The maximum Gasteiger partial charge on any atom is 0.269 e. The van der Waals surface area contributed by atoms with Gasteiger partial charge in [-0.15, -0.1) is 0 Å². The summed E-state index contributed by atoms with van der Waals surface area (Å²) in [6.45, 7) is 0. The fourth-order valence-corrected chi connectivity index (χ4v) is 2.19. The van der Waals surface area contributed by atoms with Gasteiger partial charge in [-0.1, -0.05) is 18.2 Å². The highest BCUT2D eigenvalue weighted by atomic mass is 16.6. The zero-order valence-electron chi connectivity index (χ0n) is 11.8. The van der Waals surface area contributed by atoms with E-state index in [2.05, 4.69) is 10.5 Å². The Hall–Kier alpha value is -3.48. The Morgan fingerprint density at radius 1 is 1.09 bits per heavy atom. The average molecular weight is 309 g/mol. The molecule has 0 amide bonds. The number of rotatable bonds is 3. The maximum atomic E-state index is 12.3. The first-order chi connectivity index (χ1) is 11.1. The summed E-state index contributed by atoms with van der Waals surface area (Å²) < 4.78 is 0. The first-order valence-electron chi connectivity index (χ1n) is 6.69. The summed E-state index contributed by atoms with van der Waals surface area (Å²) in [5.74, 6) is -0.491. The van der Waals surface area contributed by atoms with Crippen molar-refractivity contribution in [2.24, 2.45) is 5.10 Å². The molecular formula is C16H11N3O4. The number of hydrogen-bond donors (Lipinski definition) is 2. The average Bonchev–Trinajstić information content (AvgIpc) is 2.54. The Labute approximate surface area is 130 Å². The minimum atomic E-state index is -0.497. The summed E-state index contributed by atoms with van der Waals surface area (Å²) in [5, 5.41) is 24.4. The lowest BCUT2D eigenvalue weighted by atomic mass is 9.94. The van der Waals surface area contributed by atoms with Crippen LogP contribution in [0.3, 0.4) is 0 Å². The fourth-order valence-electron chi connectivity index (χ4n) is 2.19. The molecule has 0 aliphatic heterocycles. The highest BCUT2D eigenvalue weighted by Crippen LogP contribution is 2.26. The van der Waals surface area contributed by atoms with Crippen molar-refractivity contribution in [2.75, 3.05) is 5.43 Å². The van der Waals surface area contributed by atoms with Gasteiger partial charge < -0.3 is 5.11 Å². The van der Waals surface area contributed by atoms with Gasteiger partial charge in [0.1, 0.15) is 11.5 Å². The maximum absolute atomic E-state index is 12.3. The number of benzene rings is 2. The van der Waals surface area contributed by atoms with Gasteiger partial charge in [0.05, 0.1) is 16.2 Å². The lowest BCUT2D eigenvalue weighted by Crippen LogP contribution is -2.18. The van der Waals surface area contributed by atoms with E-state index >= 15 is 0 Å².